The van der Waals surface area contributed by atoms with Crippen molar-refractivity contribution in [3.05, 3.63) is 0 Å². The zero-order chi connectivity index (χ0) is 16.9. The minimum atomic E-state index is -0.544. The van der Waals surface area contributed by atoms with E-state index in [1.54, 1.807) is 0 Å². The van der Waals surface area contributed by atoms with E-state index in [9.17, 15) is 0 Å². The van der Waals surface area contributed by atoms with Crippen molar-refractivity contribution in [1.82, 2.24) is 0 Å². The van der Waals surface area contributed by atoms with Gasteiger partial charge in [0.25, 0.3) is 0 Å². The summed E-state index contributed by atoms with van der Waals surface area (Å²) in [6, 6.07) is 0. The molecule has 128 valence electrons. The zero-order valence-corrected chi connectivity index (χ0v) is 15.7. The third kappa shape index (κ3) is 13.2. The molecular formula is C17H36O4. The Hall–Kier alpha value is -0.160. The van der Waals surface area contributed by atoms with Crippen molar-refractivity contribution >= 4 is 0 Å². The van der Waals surface area contributed by atoms with Gasteiger partial charge >= 0.3 is 0 Å². The smallest absolute Gasteiger partial charge is 0.224 e. The highest BCUT2D eigenvalue weighted by atomic mass is 17.3. The van der Waals surface area contributed by atoms with Crippen LogP contribution in [0.4, 0.5) is 0 Å². The van der Waals surface area contributed by atoms with Crippen LogP contribution in [0.5, 0.6) is 0 Å². The SMILES string of the molecule is CC(C)CC(C)(C)CC(OOC(C)(C)C)OOC(C)(C)C. The minimum Gasteiger partial charge on any atom is -0.228 e. The van der Waals surface area contributed by atoms with E-state index >= 15 is 0 Å². The van der Waals surface area contributed by atoms with Gasteiger partial charge in [-0.15, -0.1) is 0 Å². The highest BCUT2D eigenvalue weighted by Gasteiger charge is 2.29. The normalized spacial score (nSPS) is 14.3. The molecule has 0 bridgehead atoms. The van der Waals surface area contributed by atoms with E-state index < -0.39 is 6.29 Å². The second-order valence-corrected chi connectivity index (χ2v) is 8.98. The van der Waals surface area contributed by atoms with Crippen LogP contribution in [0.15, 0.2) is 0 Å². The topological polar surface area (TPSA) is 36.9 Å². The Morgan fingerprint density at radius 2 is 1.05 bits per heavy atom. The van der Waals surface area contributed by atoms with Gasteiger partial charge in [0, 0.05) is 6.42 Å². The number of hydrogen-bond donors (Lipinski definition) is 0. The molecule has 4 heteroatoms. The first-order chi connectivity index (χ1) is 9.20. The third-order valence-corrected chi connectivity index (χ3v) is 2.49. The summed E-state index contributed by atoms with van der Waals surface area (Å²) in [4.78, 5) is 21.7. The highest BCUT2D eigenvalue weighted by molar-refractivity contribution is 4.72. The van der Waals surface area contributed by atoms with Crippen LogP contribution in [0, 0.1) is 11.3 Å². The molecule has 4 nitrogen and oxygen atoms in total. The first-order valence-corrected chi connectivity index (χ1v) is 7.89. The Labute approximate surface area is 131 Å². The molecule has 0 aromatic rings. The lowest BCUT2D eigenvalue weighted by molar-refractivity contribution is -0.500. The van der Waals surface area contributed by atoms with Crippen LogP contribution < -0.4 is 0 Å². The van der Waals surface area contributed by atoms with Crippen LogP contribution >= 0.6 is 0 Å². The Morgan fingerprint density at radius 3 is 1.33 bits per heavy atom. The van der Waals surface area contributed by atoms with Crippen LogP contribution in [0.3, 0.4) is 0 Å². The van der Waals surface area contributed by atoms with Gasteiger partial charge in [0.05, 0.1) is 11.2 Å². The standard InChI is InChI=1S/C17H36O4/c1-13(2)11-17(9,10)12-14(18-20-15(3,4)5)19-21-16(6,7)8/h13-14H,11-12H2,1-10H3. The number of rotatable bonds is 8. The van der Waals surface area contributed by atoms with Gasteiger partial charge < -0.3 is 0 Å². The Balaban J connectivity index is 4.63. The largest absolute Gasteiger partial charge is 0.228 e. The first-order valence-electron chi connectivity index (χ1n) is 7.89. The fourth-order valence-electron chi connectivity index (χ4n) is 2.12. The first kappa shape index (κ1) is 20.8. The Bertz CT molecular complexity index is 266. The molecule has 0 aliphatic heterocycles. The second kappa shape index (κ2) is 7.91. The third-order valence-electron chi connectivity index (χ3n) is 2.49. The summed E-state index contributed by atoms with van der Waals surface area (Å²) < 4.78 is 0. The summed E-state index contributed by atoms with van der Waals surface area (Å²) in [6.07, 6.45) is 1.25. The van der Waals surface area contributed by atoms with Gasteiger partial charge in [0.2, 0.25) is 6.29 Å². The predicted molar refractivity (Wildman–Crippen MR) is 85.5 cm³/mol. The maximum absolute atomic E-state index is 5.47. The summed E-state index contributed by atoms with van der Waals surface area (Å²) in [6.45, 7) is 20.5. The van der Waals surface area contributed by atoms with Crippen molar-refractivity contribution in [1.29, 1.82) is 0 Å². The fraction of sp³-hybridized carbons (Fsp3) is 1.00. The van der Waals surface area contributed by atoms with Crippen LogP contribution in [0.2, 0.25) is 0 Å². The van der Waals surface area contributed by atoms with Gasteiger partial charge in [-0.2, -0.15) is 0 Å². The van der Waals surface area contributed by atoms with Crippen molar-refractivity contribution in [2.45, 2.75) is 99.6 Å². The average Bonchev–Trinajstić information content (AvgIpc) is 2.17. The quantitative estimate of drug-likeness (QED) is 0.348. The van der Waals surface area contributed by atoms with E-state index in [1.807, 2.05) is 41.5 Å². The summed E-state index contributed by atoms with van der Waals surface area (Å²) >= 11 is 0. The fourth-order valence-corrected chi connectivity index (χ4v) is 2.12. The maximum atomic E-state index is 5.47. The zero-order valence-electron chi connectivity index (χ0n) is 15.7. The molecule has 0 rings (SSSR count). The monoisotopic (exact) mass is 304 g/mol. The van der Waals surface area contributed by atoms with Gasteiger partial charge in [0.1, 0.15) is 0 Å². The van der Waals surface area contributed by atoms with Crippen LogP contribution in [0.25, 0.3) is 0 Å². The summed E-state index contributed by atoms with van der Waals surface area (Å²) in [7, 11) is 0. The van der Waals surface area contributed by atoms with E-state index in [2.05, 4.69) is 27.7 Å². The lowest BCUT2D eigenvalue weighted by Gasteiger charge is -2.32. The molecule has 0 aliphatic carbocycles. The predicted octanol–water partition coefficient (Wildman–Crippen LogP) is 5.27. The molecule has 0 unspecified atom stereocenters. The van der Waals surface area contributed by atoms with Crippen molar-refractivity contribution in [3.8, 4) is 0 Å². The molecule has 21 heavy (non-hydrogen) atoms. The molecule has 0 aliphatic rings. The lowest BCUT2D eigenvalue weighted by Crippen LogP contribution is -2.33. The van der Waals surface area contributed by atoms with Crippen molar-refractivity contribution in [2.75, 3.05) is 0 Å². The van der Waals surface area contributed by atoms with E-state index in [4.69, 9.17) is 19.6 Å². The van der Waals surface area contributed by atoms with E-state index in [-0.39, 0.29) is 16.6 Å². The number of hydrogen-bond acceptors (Lipinski definition) is 4. The average molecular weight is 304 g/mol. The van der Waals surface area contributed by atoms with Gasteiger partial charge in [-0.05, 0) is 59.3 Å². The second-order valence-electron chi connectivity index (χ2n) is 8.98. The van der Waals surface area contributed by atoms with Gasteiger partial charge in [-0.1, -0.05) is 27.7 Å². The Morgan fingerprint density at radius 1 is 0.667 bits per heavy atom. The van der Waals surface area contributed by atoms with Gasteiger partial charge in [-0.3, -0.25) is 0 Å². The maximum Gasteiger partial charge on any atom is 0.224 e. The van der Waals surface area contributed by atoms with Crippen LogP contribution in [0.1, 0.15) is 82.1 Å². The molecule has 0 saturated heterocycles. The molecule has 0 amide bonds. The molecule has 0 atom stereocenters. The molecule has 0 N–H and O–H groups in total. The van der Waals surface area contributed by atoms with Crippen molar-refractivity contribution < 1.29 is 19.6 Å². The lowest BCUT2D eigenvalue weighted by atomic mass is 9.81. The van der Waals surface area contributed by atoms with Gasteiger partial charge in [-0.25, -0.2) is 19.6 Å². The molecule has 0 radical (unpaired) electrons. The van der Waals surface area contributed by atoms with Crippen LogP contribution in [-0.4, -0.2) is 17.5 Å². The molecular weight excluding hydrogens is 268 g/mol. The molecule has 0 aromatic heterocycles. The summed E-state index contributed by atoms with van der Waals surface area (Å²) in [5.41, 5.74) is -0.682. The van der Waals surface area contributed by atoms with Crippen LogP contribution in [-0.2, 0) is 19.6 Å². The molecule has 0 aromatic carbocycles. The Kier molecular flexibility index (Phi) is 7.85. The minimum absolute atomic E-state index is 0.0846. The van der Waals surface area contributed by atoms with Crippen molar-refractivity contribution in [2.24, 2.45) is 11.3 Å². The van der Waals surface area contributed by atoms with E-state index in [0.29, 0.717) is 12.3 Å². The van der Waals surface area contributed by atoms with Crippen molar-refractivity contribution in [3.63, 3.8) is 0 Å². The van der Waals surface area contributed by atoms with Gasteiger partial charge in [0.15, 0.2) is 0 Å². The van der Waals surface area contributed by atoms with E-state index in [1.165, 1.54) is 0 Å². The molecule has 0 spiro atoms. The van der Waals surface area contributed by atoms with E-state index in [0.717, 1.165) is 6.42 Å². The highest BCUT2D eigenvalue weighted by Crippen LogP contribution is 2.32. The summed E-state index contributed by atoms with van der Waals surface area (Å²) in [5.74, 6) is 0.618. The molecule has 0 fully saturated rings. The molecule has 0 heterocycles. The molecule has 0 saturated carbocycles. The summed E-state index contributed by atoms with van der Waals surface area (Å²) in [5, 5.41) is 0.